The van der Waals surface area contributed by atoms with E-state index >= 15 is 0 Å². The largest absolute Gasteiger partial charge is 0.463 e. The first-order valence-corrected chi connectivity index (χ1v) is 8.77. The molecule has 0 aromatic rings. The van der Waals surface area contributed by atoms with Crippen molar-refractivity contribution in [3.8, 4) is 0 Å². The van der Waals surface area contributed by atoms with Gasteiger partial charge in [0.1, 0.15) is 0 Å². The number of ether oxygens (including phenoxy) is 1. The lowest BCUT2D eigenvalue weighted by Gasteiger charge is -2.52. The molecule has 0 spiro atoms. The molecule has 1 unspecified atom stereocenters. The van der Waals surface area contributed by atoms with Crippen molar-refractivity contribution < 1.29 is 9.53 Å². The van der Waals surface area contributed by atoms with Gasteiger partial charge in [0.25, 0.3) is 0 Å². The molecule has 2 nitrogen and oxygen atoms in total. The molecule has 0 saturated heterocycles. The van der Waals surface area contributed by atoms with Gasteiger partial charge in [-0.15, -0.1) is 0 Å². The zero-order chi connectivity index (χ0) is 15.6. The van der Waals surface area contributed by atoms with Crippen molar-refractivity contribution >= 4 is 5.97 Å². The van der Waals surface area contributed by atoms with Gasteiger partial charge in [0.05, 0.1) is 6.61 Å². The highest BCUT2D eigenvalue weighted by Crippen LogP contribution is 2.55. The summed E-state index contributed by atoms with van der Waals surface area (Å²) in [6.07, 6.45) is 7.53. The lowest BCUT2D eigenvalue weighted by atomic mass is 9.53. The second kappa shape index (κ2) is 6.54. The maximum atomic E-state index is 12.0. The summed E-state index contributed by atoms with van der Waals surface area (Å²) in [5.41, 5.74) is 2.64. The van der Waals surface area contributed by atoms with E-state index in [0.29, 0.717) is 12.0 Å². The first kappa shape index (κ1) is 16.6. The van der Waals surface area contributed by atoms with Crippen LogP contribution in [0.3, 0.4) is 0 Å². The fourth-order valence-corrected chi connectivity index (χ4v) is 4.86. The van der Waals surface area contributed by atoms with Crippen molar-refractivity contribution in [2.24, 2.45) is 23.2 Å². The normalized spacial score (nSPS) is 34.0. The molecule has 2 heteroatoms. The van der Waals surface area contributed by atoms with Crippen LogP contribution in [0.1, 0.15) is 73.1 Å². The van der Waals surface area contributed by atoms with E-state index in [4.69, 9.17) is 4.74 Å². The van der Waals surface area contributed by atoms with Crippen LogP contribution in [-0.4, -0.2) is 12.6 Å². The van der Waals surface area contributed by atoms with Crippen LogP contribution in [0.5, 0.6) is 0 Å². The highest BCUT2D eigenvalue weighted by atomic mass is 16.5. The van der Waals surface area contributed by atoms with E-state index in [0.717, 1.165) is 36.2 Å². The summed E-state index contributed by atoms with van der Waals surface area (Å²) in [7, 11) is 0. The van der Waals surface area contributed by atoms with Gasteiger partial charge in [0.2, 0.25) is 0 Å². The Balaban J connectivity index is 2.19. The minimum Gasteiger partial charge on any atom is -0.463 e. The number of carbonyl (C=O) groups is 1. The van der Waals surface area contributed by atoms with E-state index in [-0.39, 0.29) is 5.97 Å². The van der Waals surface area contributed by atoms with Crippen molar-refractivity contribution in [1.82, 2.24) is 0 Å². The Morgan fingerprint density at radius 3 is 2.57 bits per heavy atom. The molecule has 0 aromatic carbocycles. The Hall–Kier alpha value is -0.790. The quantitative estimate of drug-likeness (QED) is 0.532. The van der Waals surface area contributed by atoms with E-state index in [9.17, 15) is 4.79 Å². The SMILES string of the molecule is CCOC(=O)C(C)=C1CCC2CC[C@H](CC)C(C)(C)[C@@H]2C1. The van der Waals surface area contributed by atoms with Crippen molar-refractivity contribution in [1.29, 1.82) is 0 Å². The zero-order valence-electron chi connectivity index (χ0n) is 14.5. The first-order chi connectivity index (χ1) is 9.91. The van der Waals surface area contributed by atoms with Gasteiger partial charge in [0, 0.05) is 5.57 Å². The minimum atomic E-state index is -0.105. The molecule has 2 rings (SSSR count). The van der Waals surface area contributed by atoms with E-state index in [2.05, 4.69) is 20.8 Å². The van der Waals surface area contributed by atoms with E-state index in [1.54, 1.807) is 0 Å². The van der Waals surface area contributed by atoms with Crippen LogP contribution in [0.2, 0.25) is 0 Å². The summed E-state index contributed by atoms with van der Waals surface area (Å²) in [5, 5.41) is 0. The number of rotatable bonds is 3. The molecule has 2 aliphatic rings. The minimum absolute atomic E-state index is 0.105. The van der Waals surface area contributed by atoms with E-state index < -0.39 is 0 Å². The average Bonchev–Trinajstić information content (AvgIpc) is 2.46. The zero-order valence-corrected chi connectivity index (χ0v) is 14.5. The lowest BCUT2D eigenvalue weighted by molar-refractivity contribution is -0.138. The summed E-state index contributed by atoms with van der Waals surface area (Å²) in [6, 6.07) is 0. The molecule has 0 N–H and O–H groups in total. The molecule has 3 atom stereocenters. The Kier molecular flexibility index (Phi) is 5.16. The molecule has 120 valence electrons. The van der Waals surface area contributed by atoms with Gasteiger partial charge >= 0.3 is 5.97 Å². The van der Waals surface area contributed by atoms with Gasteiger partial charge < -0.3 is 4.74 Å². The maximum Gasteiger partial charge on any atom is 0.333 e. The molecular weight excluding hydrogens is 260 g/mol. The van der Waals surface area contributed by atoms with Gasteiger partial charge in [-0.25, -0.2) is 4.79 Å². The standard InChI is InChI=1S/C19H32O2/c1-6-16-11-10-14-8-9-15(12-17(14)19(16,4)5)13(3)18(20)21-7-2/h14,16-17H,6-12H2,1-5H3/t14?,16-,17+/m0/s1. The van der Waals surface area contributed by atoms with Crippen LogP contribution < -0.4 is 0 Å². The van der Waals surface area contributed by atoms with Gasteiger partial charge in [-0.1, -0.05) is 32.8 Å². The molecule has 0 aliphatic heterocycles. The topological polar surface area (TPSA) is 26.3 Å². The first-order valence-electron chi connectivity index (χ1n) is 8.77. The maximum absolute atomic E-state index is 12.0. The van der Waals surface area contributed by atoms with Crippen molar-refractivity contribution in [3.63, 3.8) is 0 Å². The number of allylic oxidation sites excluding steroid dienone is 1. The third-order valence-electron chi connectivity index (χ3n) is 6.35. The fourth-order valence-electron chi connectivity index (χ4n) is 4.86. The van der Waals surface area contributed by atoms with Crippen molar-refractivity contribution in [3.05, 3.63) is 11.1 Å². The highest BCUT2D eigenvalue weighted by Gasteiger charge is 2.46. The van der Waals surface area contributed by atoms with Crippen molar-refractivity contribution in [2.75, 3.05) is 6.61 Å². The Labute approximate surface area is 130 Å². The molecule has 2 saturated carbocycles. The van der Waals surface area contributed by atoms with Crippen LogP contribution in [0, 0.1) is 23.2 Å². The van der Waals surface area contributed by atoms with Gasteiger partial charge in [0.15, 0.2) is 0 Å². The molecule has 0 aromatic heterocycles. The third-order valence-corrected chi connectivity index (χ3v) is 6.35. The predicted octanol–water partition coefficient (Wildman–Crippen LogP) is 5.13. The molecule has 0 bridgehead atoms. The summed E-state index contributed by atoms with van der Waals surface area (Å²) >= 11 is 0. The summed E-state index contributed by atoms with van der Waals surface area (Å²) in [6.45, 7) is 11.6. The number of carbonyl (C=O) groups excluding carboxylic acids is 1. The number of hydrogen-bond donors (Lipinski definition) is 0. The van der Waals surface area contributed by atoms with Crippen LogP contribution in [-0.2, 0) is 9.53 Å². The highest BCUT2D eigenvalue weighted by molar-refractivity contribution is 5.88. The number of fused-ring (bicyclic) bond motifs is 1. The predicted molar refractivity (Wildman–Crippen MR) is 87.0 cm³/mol. The van der Waals surface area contributed by atoms with Gasteiger partial charge in [-0.3, -0.25) is 0 Å². The summed E-state index contributed by atoms with van der Waals surface area (Å²) in [4.78, 5) is 12.0. The second-order valence-corrected chi connectivity index (χ2v) is 7.56. The lowest BCUT2D eigenvalue weighted by Crippen LogP contribution is -2.43. The van der Waals surface area contributed by atoms with E-state index in [1.807, 2.05) is 13.8 Å². The monoisotopic (exact) mass is 292 g/mol. The summed E-state index contributed by atoms with van der Waals surface area (Å²) < 4.78 is 5.19. The molecule has 0 heterocycles. The third kappa shape index (κ3) is 3.19. The van der Waals surface area contributed by atoms with Crippen LogP contribution in [0.15, 0.2) is 11.1 Å². The molecule has 0 amide bonds. The second-order valence-electron chi connectivity index (χ2n) is 7.56. The van der Waals surface area contributed by atoms with Crippen LogP contribution in [0.4, 0.5) is 0 Å². The molecular formula is C19H32O2. The van der Waals surface area contributed by atoms with E-state index in [1.165, 1.54) is 31.3 Å². The number of hydrogen-bond acceptors (Lipinski definition) is 2. The molecule has 0 radical (unpaired) electrons. The van der Waals surface area contributed by atoms with Gasteiger partial charge in [-0.2, -0.15) is 0 Å². The Morgan fingerprint density at radius 2 is 1.95 bits per heavy atom. The Morgan fingerprint density at radius 1 is 1.24 bits per heavy atom. The Bertz CT molecular complexity index is 419. The average molecular weight is 292 g/mol. The molecule has 21 heavy (non-hydrogen) atoms. The number of esters is 1. The molecule has 2 fully saturated rings. The fraction of sp³-hybridized carbons (Fsp3) is 0.842. The van der Waals surface area contributed by atoms with Gasteiger partial charge in [-0.05, 0) is 69.1 Å². The van der Waals surface area contributed by atoms with Crippen LogP contribution in [0.25, 0.3) is 0 Å². The smallest absolute Gasteiger partial charge is 0.333 e. The summed E-state index contributed by atoms with van der Waals surface area (Å²) in [5.74, 6) is 2.33. The van der Waals surface area contributed by atoms with Crippen molar-refractivity contribution in [2.45, 2.75) is 73.1 Å². The molecule has 2 aliphatic carbocycles. The van der Waals surface area contributed by atoms with Crippen LogP contribution >= 0.6 is 0 Å².